The zero-order chi connectivity index (χ0) is 14.4. The van der Waals surface area contributed by atoms with Crippen molar-refractivity contribution in [1.29, 1.82) is 0 Å². The number of carbonyl (C=O) groups excluding carboxylic acids is 1. The van der Waals surface area contributed by atoms with Crippen LogP contribution in [0.5, 0.6) is 5.75 Å². The van der Waals surface area contributed by atoms with Crippen LogP contribution in [-0.4, -0.2) is 48.6 Å². The van der Waals surface area contributed by atoms with Gasteiger partial charge in [0.05, 0.1) is 5.69 Å². The van der Waals surface area contributed by atoms with Crippen molar-refractivity contribution in [2.24, 2.45) is 5.73 Å². The summed E-state index contributed by atoms with van der Waals surface area (Å²) in [7, 11) is 0. The molecule has 20 heavy (non-hydrogen) atoms. The Morgan fingerprint density at radius 1 is 1.15 bits per heavy atom. The minimum Gasteiger partial charge on any atom is -0.506 e. The number of piperazine rings is 1. The van der Waals surface area contributed by atoms with E-state index < -0.39 is 0 Å². The predicted octanol–water partition coefficient (Wildman–Crippen LogP) is 1.17. The number of amides is 1. The molecule has 1 aromatic rings. The number of unbranched alkanes of at least 4 members (excludes halogenated alkanes) is 1. The van der Waals surface area contributed by atoms with Gasteiger partial charge in [-0.05, 0) is 31.5 Å². The molecular weight excluding hydrogens is 254 g/mol. The molecule has 1 heterocycles. The molecule has 0 radical (unpaired) electrons. The third-order valence-electron chi connectivity index (χ3n) is 3.70. The minimum absolute atomic E-state index is 0.218. The van der Waals surface area contributed by atoms with Crippen LogP contribution < -0.4 is 10.6 Å². The van der Waals surface area contributed by atoms with E-state index in [0.29, 0.717) is 18.7 Å². The van der Waals surface area contributed by atoms with Crippen molar-refractivity contribution >= 4 is 11.6 Å². The van der Waals surface area contributed by atoms with Crippen LogP contribution in [0.3, 0.4) is 0 Å². The van der Waals surface area contributed by atoms with Gasteiger partial charge >= 0.3 is 0 Å². The van der Waals surface area contributed by atoms with E-state index in [0.717, 1.165) is 44.7 Å². The van der Waals surface area contributed by atoms with Gasteiger partial charge in [0, 0.05) is 32.6 Å². The number of para-hydroxylation sites is 2. The predicted molar refractivity (Wildman–Crippen MR) is 79.8 cm³/mol. The van der Waals surface area contributed by atoms with Gasteiger partial charge in [-0.15, -0.1) is 0 Å². The van der Waals surface area contributed by atoms with E-state index in [-0.39, 0.29) is 5.91 Å². The molecule has 0 bridgehead atoms. The summed E-state index contributed by atoms with van der Waals surface area (Å²) in [6, 6.07) is 7.34. The molecule has 1 aliphatic rings. The number of nitrogens with two attached hydrogens (primary N) is 1. The average Bonchev–Trinajstić information content (AvgIpc) is 2.48. The first-order valence-electron chi connectivity index (χ1n) is 7.23. The molecule has 0 aromatic heterocycles. The lowest BCUT2D eigenvalue weighted by molar-refractivity contribution is -0.131. The molecule has 0 aliphatic carbocycles. The second-order valence-corrected chi connectivity index (χ2v) is 5.10. The van der Waals surface area contributed by atoms with Gasteiger partial charge in [-0.2, -0.15) is 0 Å². The molecule has 1 amide bonds. The highest BCUT2D eigenvalue weighted by molar-refractivity contribution is 5.76. The van der Waals surface area contributed by atoms with Gasteiger partial charge in [0.25, 0.3) is 0 Å². The number of aromatic hydroxyl groups is 1. The van der Waals surface area contributed by atoms with Crippen LogP contribution in [0.4, 0.5) is 5.69 Å². The number of nitrogens with zero attached hydrogens (tertiary/aromatic N) is 2. The molecule has 0 spiro atoms. The number of carbonyl (C=O) groups is 1. The molecule has 0 saturated carbocycles. The second-order valence-electron chi connectivity index (χ2n) is 5.10. The third-order valence-corrected chi connectivity index (χ3v) is 3.70. The molecule has 5 heteroatoms. The Morgan fingerprint density at radius 2 is 1.85 bits per heavy atom. The summed E-state index contributed by atoms with van der Waals surface area (Å²) < 4.78 is 0. The molecule has 1 aromatic carbocycles. The monoisotopic (exact) mass is 277 g/mol. The van der Waals surface area contributed by atoms with E-state index in [9.17, 15) is 9.90 Å². The maximum absolute atomic E-state index is 12.0. The molecular formula is C15H23N3O2. The van der Waals surface area contributed by atoms with Gasteiger partial charge in [-0.25, -0.2) is 0 Å². The third kappa shape index (κ3) is 3.63. The van der Waals surface area contributed by atoms with Crippen LogP contribution in [-0.2, 0) is 4.79 Å². The summed E-state index contributed by atoms with van der Waals surface area (Å²) in [5, 5.41) is 9.85. The largest absolute Gasteiger partial charge is 0.506 e. The molecule has 0 atom stereocenters. The number of rotatable bonds is 5. The quantitative estimate of drug-likeness (QED) is 0.793. The van der Waals surface area contributed by atoms with Crippen LogP contribution in [0.25, 0.3) is 0 Å². The highest BCUT2D eigenvalue weighted by Gasteiger charge is 2.21. The van der Waals surface area contributed by atoms with Gasteiger partial charge in [0.15, 0.2) is 0 Å². The van der Waals surface area contributed by atoms with E-state index in [1.165, 1.54) is 0 Å². The summed E-state index contributed by atoms with van der Waals surface area (Å²) in [6.07, 6.45) is 2.37. The van der Waals surface area contributed by atoms with E-state index in [1.807, 2.05) is 23.1 Å². The molecule has 1 saturated heterocycles. The average molecular weight is 277 g/mol. The second kappa shape index (κ2) is 7.14. The molecule has 110 valence electrons. The summed E-state index contributed by atoms with van der Waals surface area (Å²) in [4.78, 5) is 16.0. The summed E-state index contributed by atoms with van der Waals surface area (Å²) in [5.41, 5.74) is 6.28. The summed E-state index contributed by atoms with van der Waals surface area (Å²) in [6.45, 7) is 3.61. The normalized spacial score (nSPS) is 15.4. The Balaban J connectivity index is 1.83. The first kappa shape index (κ1) is 14.7. The number of phenolic OH excluding ortho intramolecular Hbond substituents is 1. The Hall–Kier alpha value is -1.75. The van der Waals surface area contributed by atoms with Crippen molar-refractivity contribution in [2.75, 3.05) is 37.6 Å². The number of anilines is 1. The SMILES string of the molecule is NCCCCC(=O)N1CCN(c2ccccc2O)CC1. The van der Waals surface area contributed by atoms with Gasteiger partial charge in [-0.1, -0.05) is 12.1 Å². The van der Waals surface area contributed by atoms with Gasteiger partial charge < -0.3 is 20.6 Å². The van der Waals surface area contributed by atoms with E-state index in [2.05, 4.69) is 4.90 Å². The fraction of sp³-hybridized carbons (Fsp3) is 0.533. The smallest absolute Gasteiger partial charge is 0.222 e. The first-order chi connectivity index (χ1) is 9.72. The lowest BCUT2D eigenvalue weighted by Gasteiger charge is -2.36. The molecule has 0 unspecified atom stereocenters. The number of hydrogen-bond donors (Lipinski definition) is 2. The van der Waals surface area contributed by atoms with Crippen molar-refractivity contribution in [2.45, 2.75) is 19.3 Å². The van der Waals surface area contributed by atoms with Crippen LogP contribution in [0.2, 0.25) is 0 Å². The van der Waals surface area contributed by atoms with Gasteiger partial charge in [0.1, 0.15) is 5.75 Å². The van der Waals surface area contributed by atoms with Gasteiger partial charge in [-0.3, -0.25) is 4.79 Å². The Bertz CT molecular complexity index is 442. The van der Waals surface area contributed by atoms with E-state index in [4.69, 9.17) is 5.73 Å². The van der Waals surface area contributed by atoms with E-state index >= 15 is 0 Å². The Kier molecular flexibility index (Phi) is 5.24. The fourth-order valence-electron chi connectivity index (χ4n) is 2.51. The number of hydrogen-bond acceptors (Lipinski definition) is 4. The maximum atomic E-state index is 12.0. The topological polar surface area (TPSA) is 69.8 Å². The number of benzene rings is 1. The fourth-order valence-corrected chi connectivity index (χ4v) is 2.51. The highest BCUT2D eigenvalue weighted by atomic mass is 16.3. The summed E-state index contributed by atoms with van der Waals surface area (Å²) >= 11 is 0. The Morgan fingerprint density at radius 3 is 2.50 bits per heavy atom. The molecule has 1 fully saturated rings. The van der Waals surface area contributed by atoms with E-state index in [1.54, 1.807) is 6.07 Å². The van der Waals surface area contributed by atoms with Crippen LogP contribution in [0.15, 0.2) is 24.3 Å². The zero-order valence-corrected chi connectivity index (χ0v) is 11.8. The van der Waals surface area contributed by atoms with Crippen molar-refractivity contribution in [1.82, 2.24) is 4.90 Å². The van der Waals surface area contributed by atoms with Crippen LogP contribution in [0, 0.1) is 0 Å². The van der Waals surface area contributed by atoms with Crippen LogP contribution in [0.1, 0.15) is 19.3 Å². The lowest BCUT2D eigenvalue weighted by atomic mass is 10.2. The molecule has 5 nitrogen and oxygen atoms in total. The first-order valence-corrected chi connectivity index (χ1v) is 7.23. The lowest BCUT2D eigenvalue weighted by Crippen LogP contribution is -2.48. The van der Waals surface area contributed by atoms with Gasteiger partial charge in [0.2, 0.25) is 5.91 Å². The standard InChI is InChI=1S/C15H23N3O2/c16-8-4-3-7-15(20)18-11-9-17(10-12-18)13-5-1-2-6-14(13)19/h1-2,5-6,19H,3-4,7-12,16H2. The molecule has 2 rings (SSSR count). The van der Waals surface area contributed by atoms with Crippen molar-refractivity contribution in [3.8, 4) is 5.75 Å². The van der Waals surface area contributed by atoms with Crippen molar-refractivity contribution in [3.05, 3.63) is 24.3 Å². The van der Waals surface area contributed by atoms with Crippen molar-refractivity contribution in [3.63, 3.8) is 0 Å². The highest BCUT2D eigenvalue weighted by Crippen LogP contribution is 2.27. The zero-order valence-electron chi connectivity index (χ0n) is 11.8. The van der Waals surface area contributed by atoms with Crippen LogP contribution >= 0.6 is 0 Å². The maximum Gasteiger partial charge on any atom is 0.222 e. The Labute approximate surface area is 120 Å². The summed E-state index contributed by atoms with van der Waals surface area (Å²) in [5.74, 6) is 0.519. The molecule has 1 aliphatic heterocycles. The molecule has 3 N–H and O–H groups in total. The number of phenols is 1. The minimum atomic E-state index is 0.218. The van der Waals surface area contributed by atoms with Crippen molar-refractivity contribution < 1.29 is 9.90 Å².